The number of fused-ring (bicyclic) bond motifs is 1. The molecule has 0 aromatic heterocycles. The van der Waals surface area contributed by atoms with Gasteiger partial charge in [-0.2, -0.15) is 0 Å². The van der Waals surface area contributed by atoms with Crippen LogP contribution in [-0.4, -0.2) is 52.8 Å². The van der Waals surface area contributed by atoms with Crippen molar-refractivity contribution in [3.05, 3.63) is 42.5 Å². The first-order valence-electron chi connectivity index (χ1n) is 9.38. The van der Waals surface area contributed by atoms with Crippen LogP contribution in [0.5, 0.6) is 17.2 Å². The number of methoxy groups -OCH3 is 2. The molecule has 0 radical (unpaired) electrons. The molecule has 8 heteroatoms. The first-order chi connectivity index (χ1) is 14.2. The fraction of sp³-hybridized carbons (Fsp3) is 0.333. The van der Waals surface area contributed by atoms with Crippen LogP contribution in [0.3, 0.4) is 0 Å². The van der Waals surface area contributed by atoms with Gasteiger partial charge in [-0.1, -0.05) is 12.1 Å². The van der Waals surface area contributed by atoms with E-state index in [4.69, 9.17) is 14.2 Å². The van der Waals surface area contributed by atoms with Crippen molar-refractivity contribution >= 4 is 23.2 Å². The number of anilines is 2. The van der Waals surface area contributed by atoms with E-state index in [1.54, 1.807) is 26.2 Å². The molecule has 1 amide bonds. The Morgan fingerprint density at radius 3 is 2.72 bits per heavy atom. The number of para-hydroxylation sites is 2. The number of nitrogens with zero attached hydrogens (tertiary/aromatic N) is 2. The van der Waals surface area contributed by atoms with E-state index < -0.39 is 0 Å². The number of guanidine groups is 1. The van der Waals surface area contributed by atoms with Crippen molar-refractivity contribution < 1.29 is 19.0 Å². The number of amides is 1. The summed E-state index contributed by atoms with van der Waals surface area (Å²) in [6, 6.07) is 13.1. The van der Waals surface area contributed by atoms with Crippen LogP contribution < -0.4 is 29.7 Å². The molecule has 1 heterocycles. The van der Waals surface area contributed by atoms with Gasteiger partial charge in [-0.15, -0.1) is 0 Å². The number of hydrogen-bond donors (Lipinski definition) is 2. The Morgan fingerprint density at radius 1 is 1.17 bits per heavy atom. The van der Waals surface area contributed by atoms with Crippen molar-refractivity contribution in [2.24, 2.45) is 4.99 Å². The summed E-state index contributed by atoms with van der Waals surface area (Å²) in [4.78, 5) is 18.2. The normalized spacial score (nSPS) is 13.4. The summed E-state index contributed by atoms with van der Waals surface area (Å²) in [6.45, 7) is 1.33. The Kier molecular flexibility index (Phi) is 6.78. The Morgan fingerprint density at radius 2 is 1.97 bits per heavy atom. The molecule has 1 aliphatic heterocycles. The highest BCUT2D eigenvalue weighted by molar-refractivity contribution is 5.97. The lowest BCUT2D eigenvalue weighted by molar-refractivity contribution is -0.121. The molecule has 0 saturated heterocycles. The van der Waals surface area contributed by atoms with Gasteiger partial charge in [0.2, 0.25) is 0 Å². The van der Waals surface area contributed by atoms with Crippen molar-refractivity contribution in [3.8, 4) is 17.2 Å². The fourth-order valence-electron chi connectivity index (χ4n) is 3.07. The van der Waals surface area contributed by atoms with E-state index in [1.165, 1.54) is 0 Å². The van der Waals surface area contributed by atoms with Crippen LogP contribution in [0.2, 0.25) is 0 Å². The standard InChI is InChI=1S/C21H26N4O4/c1-22-21(24-15-9-10-18(27-2)19(13-15)28-3)23-11-6-12-25-16-7-4-5-8-17(16)29-14-20(25)26/h4-5,7-10,13H,6,11-12,14H2,1-3H3,(H2,22,23,24). The lowest BCUT2D eigenvalue weighted by atomic mass is 10.2. The molecule has 0 aliphatic carbocycles. The molecule has 2 aromatic carbocycles. The van der Waals surface area contributed by atoms with Crippen molar-refractivity contribution in [2.75, 3.05) is 51.2 Å². The molecular weight excluding hydrogens is 372 g/mol. The summed E-state index contributed by atoms with van der Waals surface area (Å²) in [5, 5.41) is 6.48. The number of hydrogen-bond acceptors (Lipinski definition) is 5. The maximum atomic E-state index is 12.2. The van der Waals surface area contributed by atoms with Crippen LogP contribution in [0.4, 0.5) is 11.4 Å². The summed E-state index contributed by atoms with van der Waals surface area (Å²) >= 11 is 0. The van der Waals surface area contributed by atoms with Crippen LogP contribution in [0.15, 0.2) is 47.5 Å². The Bertz CT molecular complexity index is 885. The van der Waals surface area contributed by atoms with Crippen LogP contribution >= 0.6 is 0 Å². The highest BCUT2D eigenvalue weighted by Crippen LogP contribution is 2.31. The molecule has 1 aliphatic rings. The van der Waals surface area contributed by atoms with Gasteiger partial charge in [0.05, 0.1) is 19.9 Å². The minimum Gasteiger partial charge on any atom is -0.493 e. The molecule has 29 heavy (non-hydrogen) atoms. The highest BCUT2D eigenvalue weighted by Gasteiger charge is 2.24. The van der Waals surface area contributed by atoms with Crippen molar-refractivity contribution in [3.63, 3.8) is 0 Å². The van der Waals surface area contributed by atoms with E-state index in [0.29, 0.717) is 30.5 Å². The number of rotatable bonds is 7. The van der Waals surface area contributed by atoms with Gasteiger partial charge in [0.15, 0.2) is 24.1 Å². The third-order valence-electron chi connectivity index (χ3n) is 4.53. The van der Waals surface area contributed by atoms with Crippen LogP contribution in [0, 0.1) is 0 Å². The Labute approximate surface area is 170 Å². The number of carbonyl (C=O) groups is 1. The van der Waals surface area contributed by atoms with Gasteiger partial charge >= 0.3 is 0 Å². The lowest BCUT2D eigenvalue weighted by Gasteiger charge is -2.29. The second-order valence-corrected chi connectivity index (χ2v) is 6.35. The smallest absolute Gasteiger partial charge is 0.265 e. The monoisotopic (exact) mass is 398 g/mol. The number of ether oxygens (including phenoxy) is 3. The van der Waals surface area contributed by atoms with Gasteiger partial charge in [-0.25, -0.2) is 0 Å². The van der Waals surface area contributed by atoms with Gasteiger partial charge in [-0.05, 0) is 30.7 Å². The number of aliphatic imine (C=N–C) groups is 1. The summed E-state index contributed by atoms with van der Waals surface area (Å²) in [5.41, 5.74) is 1.64. The van der Waals surface area contributed by atoms with Gasteiger partial charge in [0.25, 0.3) is 5.91 Å². The number of carbonyl (C=O) groups excluding carboxylic acids is 1. The van der Waals surface area contributed by atoms with Gasteiger partial charge < -0.3 is 29.7 Å². The summed E-state index contributed by atoms with van der Waals surface area (Å²) in [7, 11) is 4.90. The zero-order valence-corrected chi connectivity index (χ0v) is 16.9. The van der Waals surface area contributed by atoms with Crippen molar-refractivity contribution in [1.29, 1.82) is 0 Å². The summed E-state index contributed by atoms with van der Waals surface area (Å²) in [5.74, 6) is 2.64. The average molecular weight is 398 g/mol. The number of benzene rings is 2. The molecule has 0 fully saturated rings. The minimum absolute atomic E-state index is 0.0310. The van der Waals surface area contributed by atoms with Crippen molar-refractivity contribution in [1.82, 2.24) is 5.32 Å². The summed E-state index contributed by atoms with van der Waals surface area (Å²) < 4.78 is 16.1. The minimum atomic E-state index is -0.0310. The summed E-state index contributed by atoms with van der Waals surface area (Å²) in [6.07, 6.45) is 0.757. The van der Waals surface area contributed by atoms with E-state index in [0.717, 1.165) is 23.5 Å². The molecule has 2 N–H and O–H groups in total. The quantitative estimate of drug-likeness (QED) is 0.424. The Hall–Kier alpha value is -3.42. The third-order valence-corrected chi connectivity index (χ3v) is 4.53. The van der Waals surface area contributed by atoms with Crippen molar-refractivity contribution in [2.45, 2.75) is 6.42 Å². The topological polar surface area (TPSA) is 84.4 Å². The van der Waals surface area contributed by atoms with Crippen LogP contribution in [0.1, 0.15) is 6.42 Å². The van der Waals surface area contributed by atoms with E-state index in [2.05, 4.69) is 15.6 Å². The molecule has 3 rings (SSSR count). The van der Waals surface area contributed by atoms with Crippen LogP contribution in [-0.2, 0) is 4.79 Å². The second kappa shape index (κ2) is 9.68. The molecule has 8 nitrogen and oxygen atoms in total. The molecule has 0 spiro atoms. The van der Waals surface area contributed by atoms with E-state index in [9.17, 15) is 4.79 Å². The first-order valence-corrected chi connectivity index (χ1v) is 9.38. The highest BCUT2D eigenvalue weighted by atomic mass is 16.5. The van der Waals surface area contributed by atoms with E-state index >= 15 is 0 Å². The molecular formula is C21H26N4O4. The number of nitrogens with one attached hydrogen (secondary N) is 2. The average Bonchev–Trinajstić information content (AvgIpc) is 2.76. The Balaban J connectivity index is 1.53. The van der Waals surface area contributed by atoms with Gasteiger partial charge in [0.1, 0.15) is 5.75 Å². The maximum absolute atomic E-state index is 12.2. The molecule has 154 valence electrons. The van der Waals surface area contributed by atoms with E-state index in [1.807, 2.05) is 42.5 Å². The second-order valence-electron chi connectivity index (χ2n) is 6.35. The first kappa shape index (κ1) is 20.3. The molecule has 0 saturated carbocycles. The predicted molar refractivity (Wildman–Crippen MR) is 113 cm³/mol. The zero-order valence-electron chi connectivity index (χ0n) is 16.9. The molecule has 2 aromatic rings. The zero-order chi connectivity index (χ0) is 20.6. The third kappa shape index (κ3) is 4.90. The largest absolute Gasteiger partial charge is 0.493 e. The lowest BCUT2D eigenvalue weighted by Crippen LogP contribution is -2.41. The molecule has 0 unspecified atom stereocenters. The molecule has 0 atom stereocenters. The maximum Gasteiger partial charge on any atom is 0.265 e. The van der Waals surface area contributed by atoms with Crippen LogP contribution in [0.25, 0.3) is 0 Å². The van der Waals surface area contributed by atoms with Gasteiger partial charge in [-0.3, -0.25) is 9.79 Å². The van der Waals surface area contributed by atoms with Gasteiger partial charge in [0, 0.05) is 31.9 Å². The fourth-order valence-corrected chi connectivity index (χ4v) is 3.07. The predicted octanol–water partition coefficient (Wildman–Crippen LogP) is 2.51. The van der Waals surface area contributed by atoms with E-state index in [-0.39, 0.29) is 12.5 Å². The SMILES string of the molecule is CN=C(NCCCN1C(=O)COc2ccccc21)Nc1ccc(OC)c(OC)c1. The molecule has 0 bridgehead atoms.